The van der Waals surface area contributed by atoms with Crippen LogP contribution in [0.2, 0.25) is 0 Å². The number of piperidine rings is 2. The third kappa shape index (κ3) is 5.22. The minimum absolute atomic E-state index is 0.296. The lowest BCUT2D eigenvalue weighted by Crippen LogP contribution is -2.42. The molecule has 0 saturated carbocycles. The van der Waals surface area contributed by atoms with Crippen LogP contribution in [0.25, 0.3) is 0 Å². The van der Waals surface area contributed by atoms with E-state index >= 15 is 0 Å². The normalized spacial score (nSPS) is 26.0. The fourth-order valence-electron chi connectivity index (χ4n) is 3.18. The molecule has 2 saturated heterocycles. The molecule has 5 heteroatoms. The van der Waals surface area contributed by atoms with Crippen LogP contribution < -0.4 is 0 Å². The lowest BCUT2D eigenvalue weighted by atomic mass is 9.83. The van der Waals surface area contributed by atoms with Crippen molar-refractivity contribution in [3.05, 3.63) is 6.92 Å². The molecular weight excluding hydrogens is 284 g/mol. The quantitative estimate of drug-likeness (QED) is 0.782. The zero-order valence-corrected chi connectivity index (χ0v) is 14.5. The Morgan fingerprint density at radius 1 is 1.10 bits per heavy atom. The van der Waals surface area contributed by atoms with Crippen molar-refractivity contribution in [3.8, 4) is 0 Å². The van der Waals surface area contributed by atoms with Crippen LogP contribution in [-0.4, -0.2) is 56.1 Å². The molecule has 2 fully saturated rings. The van der Waals surface area contributed by atoms with Crippen molar-refractivity contribution in [2.24, 2.45) is 11.3 Å². The monoisotopic (exact) mass is 315 g/mol. The Bertz CT molecular complexity index is 416. The summed E-state index contributed by atoms with van der Waals surface area (Å²) in [5.41, 5.74) is 0.296. The van der Waals surface area contributed by atoms with Gasteiger partial charge in [-0.15, -0.1) is 0 Å². The standard InChI is InChI=1S/C16H31N2O2S/c1-15-5-10-17(11-6-15)9-4-14-21(19,20)18-12-7-16(2,3)8-13-18/h15H,1,4-14H2,2-3H3. The lowest BCUT2D eigenvalue weighted by Gasteiger charge is -2.36. The van der Waals surface area contributed by atoms with Gasteiger partial charge in [0.1, 0.15) is 0 Å². The number of hydrogen-bond donors (Lipinski definition) is 0. The van der Waals surface area contributed by atoms with Gasteiger partial charge in [0.15, 0.2) is 0 Å². The summed E-state index contributed by atoms with van der Waals surface area (Å²) >= 11 is 0. The second-order valence-electron chi connectivity index (χ2n) is 7.52. The van der Waals surface area contributed by atoms with Crippen molar-refractivity contribution >= 4 is 10.0 Å². The summed E-state index contributed by atoms with van der Waals surface area (Å²) in [6.45, 7) is 13.0. The maximum atomic E-state index is 12.4. The van der Waals surface area contributed by atoms with Crippen LogP contribution in [0.1, 0.15) is 46.0 Å². The first-order valence-electron chi connectivity index (χ1n) is 8.32. The highest BCUT2D eigenvalue weighted by Gasteiger charge is 2.31. The van der Waals surface area contributed by atoms with Crippen LogP contribution >= 0.6 is 0 Å². The SMILES string of the molecule is [CH2]C1CCN(CCCS(=O)(=O)N2CCC(C)(C)CC2)CC1. The van der Waals surface area contributed by atoms with E-state index in [0.29, 0.717) is 30.2 Å². The van der Waals surface area contributed by atoms with Crippen molar-refractivity contribution in [2.75, 3.05) is 38.5 Å². The molecule has 21 heavy (non-hydrogen) atoms. The molecule has 0 aromatic carbocycles. The zero-order chi connectivity index (χ0) is 15.5. The molecule has 0 aliphatic carbocycles. The number of rotatable bonds is 5. The molecule has 2 aliphatic rings. The molecule has 0 atom stereocenters. The molecule has 2 rings (SSSR count). The Labute approximate surface area is 130 Å². The number of sulfonamides is 1. The van der Waals surface area contributed by atoms with Crippen LogP contribution in [-0.2, 0) is 10.0 Å². The van der Waals surface area contributed by atoms with Crippen LogP contribution in [0.5, 0.6) is 0 Å². The van der Waals surface area contributed by atoms with Gasteiger partial charge in [-0.1, -0.05) is 20.8 Å². The van der Waals surface area contributed by atoms with E-state index in [1.54, 1.807) is 4.31 Å². The van der Waals surface area contributed by atoms with E-state index in [1.807, 2.05) is 0 Å². The number of likely N-dealkylation sites (tertiary alicyclic amines) is 1. The van der Waals surface area contributed by atoms with Gasteiger partial charge in [-0.2, -0.15) is 0 Å². The van der Waals surface area contributed by atoms with E-state index in [1.165, 1.54) is 0 Å². The molecule has 123 valence electrons. The molecule has 1 radical (unpaired) electrons. The van der Waals surface area contributed by atoms with Gasteiger partial charge in [0.2, 0.25) is 10.0 Å². The minimum Gasteiger partial charge on any atom is -0.303 e. The Hall–Kier alpha value is -0.130. The Kier molecular flexibility index (Phi) is 5.71. The van der Waals surface area contributed by atoms with Crippen molar-refractivity contribution in [2.45, 2.75) is 46.0 Å². The smallest absolute Gasteiger partial charge is 0.214 e. The van der Waals surface area contributed by atoms with Gasteiger partial charge in [-0.3, -0.25) is 0 Å². The summed E-state index contributed by atoms with van der Waals surface area (Å²) < 4.78 is 26.5. The van der Waals surface area contributed by atoms with Crippen molar-refractivity contribution < 1.29 is 8.42 Å². The topological polar surface area (TPSA) is 40.6 Å². The first kappa shape index (κ1) is 17.2. The number of nitrogens with zero attached hydrogens (tertiary/aromatic N) is 2. The fourth-order valence-corrected chi connectivity index (χ4v) is 4.67. The van der Waals surface area contributed by atoms with Gasteiger partial charge in [0, 0.05) is 13.1 Å². The van der Waals surface area contributed by atoms with Gasteiger partial charge < -0.3 is 4.90 Å². The number of hydrogen-bond acceptors (Lipinski definition) is 3. The van der Waals surface area contributed by atoms with E-state index in [-0.39, 0.29) is 0 Å². The molecule has 0 amide bonds. The average molecular weight is 316 g/mol. The summed E-state index contributed by atoms with van der Waals surface area (Å²) in [5, 5.41) is 0. The van der Waals surface area contributed by atoms with Gasteiger partial charge in [-0.25, -0.2) is 12.7 Å². The van der Waals surface area contributed by atoms with Crippen LogP contribution in [0.4, 0.5) is 0 Å². The average Bonchev–Trinajstić information content (AvgIpc) is 2.40. The van der Waals surface area contributed by atoms with Crippen molar-refractivity contribution in [1.29, 1.82) is 0 Å². The predicted octanol–water partition coefficient (Wildman–Crippen LogP) is 2.37. The molecule has 0 aromatic heterocycles. The van der Waals surface area contributed by atoms with Crippen molar-refractivity contribution in [3.63, 3.8) is 0 Å². The van der Waals surface area contributed by atoms with E-state index in [0.717, 1.165) is 51.7 Å². The summed E-state index contributed by atoms with van der Waals surface area (Å²) in [5.74, 6) is 0.888. The molecule has 0 aromatic rings. The maximum absolute atomic E-state index is 12.4. The highest BCUT2D eigenvalue weighted by atomic mass is 32.2. The lowest BCUT2D eigenvalue weighted by molar-refractivity contribution is 0.193. The predicted molar refractivity (Wildman–Crippen MR) is 87.5 cm³/mol. The van der Waals surface area contributed by atoms with Gasteiger partial charge >= 0.3 is 0 Å². The summed E-state index contributed by atoms with van der Waals surface area (Å²) in [6.07, 6.45) is 5.00. The Morgan fingerprint density at radius 3 is 2.24 bits per heavy atom. The maximum Gasteiger partial charge on any atom is 0.214 e. The summed E-state index contributed by atoms with van der Waals surface area (Å²) in [4.78, 5) is 2.39. The first-order chi connectivity index (χ1) is 9.78. The molecule has 0 N–H and O–H groups in total. The second-order valence-corrected chi connectivity index (χ2v) is 9.61. The molecule has 2 aliphatic heterocycles. The Morgan fingerprint density at radius 2 is 1.67 bits per heavy atom. The minimum atomic E-state index is -3.05. The van der Waals surface area contributed by atoms with Gasteiger partial charge in [-0.05, 0) is 63.1 Å². The van der Waals surface area contributed by atoms with Crippen LogP contribution in [0.15, 0.2) is 0 Å². The van der Waals surface area contributed by atoms with Crippen LogP contribution in [0.3, 0.4) is 0 Å². The van der Waals surface area contributed by atoms with Gasteiger partial charge in [0.05, 0.1) is 5.75 Å². The largest absolute Gasteiger partial charge is 0.303 e. The van der Waals surface area contributed by atoms with E-state index in [2.05, 4.69) is 25.7 Å². The van der Waals surface area contributed by atoms with Gasteiger partial charge in [0.25, 0.3) is 0 Å². The molecule has 0 spiro atoms. The Balaban J connectivity index is 1.72. The van der Waals surface area contributed by atoms with E-state index in [4.69, 9.17) is 0 Å². The summed E-state index contributed by atoms with van der Waals surface area (Å²) in [7, 11) is -3.05. The first-order valence-corrected chi connectivity index (χ1v) is 9.93. The third-order valence-electron chi connectivity index (χ3n) is 5.05. The summed E-state index contributed by atoms with van der Waals surface area (Å²) in [6, 6.07) is 0. The molecular formula is C16H31N2O2S. The highest BCUT2D eigenvalue weighted by Crippen LogP contribution is 2.31. The molecule has 2 heterocycles. The van der Waals surface area contributed by atoms with Crippen molar-refractivity contribution in [1.82, 2.24) is 9.21 Å². The van der Waals surface area contributed by atoms with E-state index in [9.17, 15) is 8.42 Å². The zero-order valence-electron chi connectivity index (χ0n) is 13.7. The molecule has 0 bridgehead atoms. The highest BCUT2D eigenvalue weighted by molar-refractivity contribution is 7.89. The third-order valence-corrected chi connectivity index (χ3v) is 7.01. The molecule has 0 unspecified atom stereocenters. The van der Waals surface area contributed by atoms with E-state index < -0.39 is 10.0 Å². The second kappa shape index (κ2) is 6.97. The fraction of sp³-hybridized carbons (Fsp3) is 0.938. The van der Waals surface area contributed by atoms with Crippen LogP contribution in [0, 0.1) is 18.3 Å². The molecule has 4 nitrogen and oxygen atoms in total.